The Morgan fingerprint density at radius 2 is 2.07 bits per heavy atom. The van der Waals surface area contributed by atoms with Crippen LogP contribution in [0.3, 0.4) is 0 Å². The average molecular weight is 394 g/mol. The van der Waals surface area contributed by atoms with Crippen LogP contribution < -0.4 is 19.7 Å². The van der Waals surface area contributed by atoms with Gasteiger partial charge >= 0.3 is 0 Å². The fourth-order valence-corrected chi connectivity index (χ4v) is 3.34. The van der Waals surface area contributed by atoms with Crippen molar-refractivity contribution in [2.45, 2.75) is 32.1 Å². The fraction of sp³-hybridized carbons (Fsp3) is 0.409. The lowest BCUT2D eigenvalue weighted by Gasteiger charge is -2.29. The van der Waals surface area contributed by atoms with Crippen molar-refractivity contribution in [3.05, 3.63) is 42.1 Å². The van der Waals surface area contributed by atoms with E-state index in [0.29, 0.717) is 36.5 Å². The topological polar surface area (TPSA) is 87.5 Å². The highest BCUT2D eigenvalue weighted by molar-refractivity contribution is 5.93. The molecule has 2 heterocycles. The molecule has 1 amide bonds. The summed E-state index contributed by atoms with van der Waals surface area (Å²) >= 11 is 0. The summed E-state index contributed by atoms with van der Waals surface area (Å²) in [6.07, 6.45) is 6.22. The molecule has 1 N–H and O–H groups in total. The van der Waals surface area contributed by atoms with Gasteiger partial charge in [-0.05, 0) is 49.9 Å². The molecule has 1 aliphatic heterocycles. The first-order valence-corrected chi connectivity index (χ1v) is 9.92. The molecule has 29 heavy (non-hydrogen) atoms. The summed E-state index contributed by atoms with van der Waals surface area (Å²) in [6, 6.07) is 10.8. The maximum absolute atomic E-state index is 12.4. The zero-order valence-corrected chi connectivity index (χ0v) is 16.7. The smallest absolute Gasteiger partial charge is 0.224 e. The first kappa shape index (κ1) is 20.5. The summed E-state index contributed by atoms with van der Waals surface area (Å²) in [6.45, 7) is 2.32. The van der Waals surface area contributed by atoms with Crippen LogP contribution in [0.5, 0.6) is 11.5 Å². The summed E-state index contributed by atoms with van der Waals surface area (Å²) in [7, 11) is 1.53. The van der Waals surface area contributed by atoms with Crippen molar-refractivity contribution >= 4 is 17.4 Å². The number of piperidine rings is 1. The van der Waals surface area contributed by atoms with Crippen molar-refractivity contribution in [2.24, 2.45) is 0 Å². The number of nitrogens with zero attached hydrogens (tertiary/aromatic N) is 3. The zero-order chi connectivity index (χ0) is 20.5. The normalized spacial score (nSPS) is 13.4. The lowest BCUT2D eigenvalue weighted by molar-refractivity contribution is -0.116. The molecule has 1 fully saturated rings. The van der Waals surface area contributed by atoms with Gasteiger partial charge in [-0.1, -0.05) is 0 Å². The Kier molecular flexibility index (Phi) is 7.28. The number of methoxy groups -OCH3 is 1. The number of nitrogens with one attached hydrogen (secondary N) is 1. The quantitative estimate of drug-likeness (QED) is 0.686. The Balaban J connectivity index is 1.49. The van der Waals surface area contributed by atoms with Gasteiger partial charge in [0, 0.05) is 31.8 Å². The number of hydrogen-bond acceptors (Lipinski definition) is 6. The summed E-state index contributed by atoms with van der Waals surface area (Å²) in [4.78, 5) is 19.1. The highest BCUT2D eigenvalue weighted by atomic mass is 16.5. The van der Waals surface area contributed by atoms with Crippen LogP contribution in [0.25, 0.3) is 0 Å². The van der Waals surface area contributed by atoms with Crippen molar-refractivity contribution < 1.29 is 14.3 Å². The number of nitriles is 1. The SMILES string of the molecule is COc1cc(C#N)ccc1OCCCC(=O)Nc1cccnc1N1CCCCC1. The molecule has 0 radical (unpaired) electrons. The minimum Gasteiger partial charge on any atom is -0.493 e. The standard InChI is InChI=1S/C22H26N4O3/c1-28-20-15-17(16-23)9-10-19(20)29-14-6-8-21(27)25-18-7-5-11-24-22(18)26-12-3-2-4-13-26/h5,7,9-11,15H,2-4,6,8,12-14H2,1H3,(H,25,27). The summed E-state index contributed by atoms with van der Waals surface area (Å²) in [5, 5.41) is 11.9. The molecule has 152 valence electrons. The van der Waals surface area contributed by atoms with Gasteiger partial charge in [0.1, 0.15) is 0 Å². The molecule has 7 nitrogen and oxygen atoms in total. The van der Waals surface area contributed by atoms with Crippen LogP contribution in [0.15, 0.2) is 36.5 Å². The van der Waals surface area contributed by atoms with Crippen LogP contribution in [-0.4, -0.2) is 37.7 Å². The molecule has 0 spiro atoms. The van der Waals surface area contributed by atoms with E-state index < -0.39 is 0 Å². The van der Waals surface area contributed by atoms with Gasteiger partial charge in [0.05, 0.1) is 31.0 Å². The van der Waals surface area contributed by atoms with Crippen LogP contribution in [0.2, 0.25) is 0 Å². The van der Waals surface area contributed by atoms with E-state index in [4.69, 9.17) is 14.7 Å². The Morgan fingerprint density at radius 3 is 2.83 bits per heavy atom. The highest BCUT2D eigenvalue weighted by Crippen LogP contribution is 2.28. The Hall–Kier alpha value is -3.27. The van der Waals surface area contributed by atoms with Gasteiger partial charge in [0.25, 0.3) is 0 Å². The molecule has 2 aromatic rings. The number of aromatic nitrogens is 1. The second-order valence-electron chi connectivity index (χ2n) is 6.90. The van der Waals surface area contributed by atoms with Crippen molar-refractivity contribution in [3.8, 4) is 17.6 Å². The number of pyridine rings is 1. The van der Waals surface area contributed by atoms with E-state index in [0.717, 1.165) is 37.4 Å². The van der Waals surface area contributed by atoms with E-state index in [1.54, 1.807) is 24.4 Å². The first-order valence-electron chi connectivity index (χ1n) is 9.92. The third kappa shape index (κ3) is 5.61. The number of benzene rings is 1. The zero-order valence-electron chi connectivity index (χ0n) is 16.7. The van der Waals surface area contributed by atoms with Crippen LogP contribution in [-0.2, 0) is 4.79 Å². The van der Waals surface area contributed by atoms with E-state index in [1.807, 2.05) is 12.1 Å². The summed E-state index contributed by atoms with van der Waals surface area (Å²) in [5.41, 5.74) is 1.27. The molecule has 0 atom stereocenters. The Labute approximate surface area is 171 Å². The predicted molar refractivity (Wildman–Crippen MR) is 111 cm³/mol. The third-order valence-corrected chi connectivity index (χ3v) is 4.81. The molecule has 3 rings (SSSR count). The number of amides is 1. The monoisotopic (exact) mass is 394 g/mol. The van der Waals surface area contributed by atoms with Crippen molar-refractivity contribution in [2.75, 3.05) is 37.0 Å². The van der Waals surface area contributed by atoms with E-state index >= 15 is 0 Å². The van der Waals surface area contributed by atoms with Gasteiger partial charge in [0.15, 0.2) is 17.3 Å². The van der Waals surface area contributed by atoms with Crippen molar-refractivity contribution in [1.82, 2.24) is 4.98 Å². The first-order chi connectivity index (χ1) is 14.2. The molecule has 0 unspecified atom stereocenters. The van der Waals surface area contributed by atoms with Crippen LogP contribution in [0.1, 0.15) is 37.7 Å². The number of carbonyl (C=O) groups is 1. The van der Waals surface area contributed by atoms with Crippen LogP contribution in [0.4, 0.5) is 11.5 Å². The van der Waals surface area contributed by atoms with Crippen LogP contribution >= 0.6 is 0 Å². The molecule has 1 aromatic carbocycles. The average Bonchev–Trinajstić information content (AvgIpc) is 2.77. The van der Waals surface area contributed by atoms with Crippen LogP contribution in [0, 0.1) is 11.3 Å². The minimum absolute atomic E-state index is 0.0633. The molecule has 0 aliphatic carbocycles. The lowest BCUT2D eigenvalue weighted by atomic mass is 10.1. The van der Waals surface area contributed by atoms with Crippen molar-refractivity contribution in [1.29, 1.82) is 5.26 Å². The maximum Gasteiger partial charge on any atom is 0.224 e. The molecule has 0 bridgehead atoms. The molecule has 0 saturated carbocycles. The molecular weight excluding hydrogens is 368 g/mol. The molecule has 1 aromatic heterocycles. The molecule has 1 aliphatic rings. The highest BCUT2D eigenvalue weighted by Gasteiger charge is 2.16. The Morgan fingerprint density at radius 1 is 1.24 bits per heavy atom. The van der Waals surface area contributed by atoms with E-state index in [1.165, 1.54) is 13.5 Å². The second-order valence-corrected chi connectivity index (χ2v) is 6.90. The number of carbonyl (C=O) groups excluding carboxylic acids is 1. The second kappa shape index (κ2) is 10.3. The van der Waals surface area contributed by atoms with E-state index in [2.05, 4.69) is 21.3 Å². The van der Waals surface area contributed by atoms with Gasteiger partial charge in [-0.25, -0.2) is 4.98 Å². The number of anilines is 2. The molecular formula is C22H26N4O3. The number of rotatable bonds is 8. The largest absolute Gasteiger partial charge is 0.493 e. The lowest BCUT2D eigenvalue weighted by Crippen LogP contribution is -2.31. The van der Waals surface area contributed by atoms with Crippen molar-refractivity contribution in [3.63, 3.8) is 0 Å². The van der Waals surface area contributed by atoms with Gasteiger partial charge < -0.3 is 19.7 Å². The molecule has 1 saturated heterocycles. The van der Waals surface area contributed by atoms with Gasteiger partial charge in [-0.3, -0.25) is 4.79 Å². The van der Waals surface area contributed by atoms with E-state index in [-0.39, 0.29) is 5.91 Å². The summed E-state index contributed by atoms with van der Waals surface area (Å²) < 4.78 is 11.0. The van der Waals surface area contributed by atoms with Gasteiger partial charge in [-0.15, -0.1) is 0 Å². The predicted octanol–water partition coefficient (Wildman–Crippen LogP) is 3.75. The number of hydrogen-bond donors (Lipinski definition) is 1. The molecule has 7 heteroatoms. The van der Waals surface area contributed by atoms with E-state index in [9.17, 15) is 4.79 Å². The number of ether oxygens (including phenoxy) is 2. The summed E-state index contributed by atoms with van der Waals surface area (Å²) in [5.74, 6) is 1.85. The maximum atomic E-state index is 12.4. The minimum atomic E-state index is -0.0633. The van der Waals surface area contributed by atoms with Gasteiger partial charge in [0.2, 0.25) is 5.91 Å². The Bertz CT molecular complexity index is 873. The fourth-order valence-electron chi connectivity index (χ4n) is 3.34. The third-order valence-electron chi connectivity index (χ3n) is 4.81. The van der Waals surface area contributed by atoms with Gasteiger partial charge in [-0.2, -0.15) is 5.26 Å².